The molecule has 9 heteroatoms. The molecule has 0 spiro atoms. The summed E-state index contributed by atoms with van der Waals surface area (Å²) in [7, 11) is 0. The summed E-state index contributed by atoms with van der Waals surface area (Å²) in [5.74, 6) is 2.63. The van der Waals surface area contributed by atoms with Crippen molar-refractivity contribution in [2.75, 3.05) is 12.3 Å². The predicted molar refractivity (Wildman–Crippen MR) is 88.6 cm³/mol. The highest BCUT2D eigenvalue weighted by atomic mass is 32.2. The van der Waals surface area contributed by atoms with Gasteiger partial charge in [0, 0.05) is 18.9 Å². The quantitative estimate of drug-likeness (QED) is 0.798. The maximum atomic E-state index is 12.6. The van der Waals surface area contributed by atoms with Crippen LogP contribution < -0.4 is 0 Å². The summed E-state index contributed by atoms with van der Waals surface area (Å²) in [6, 6.07) is -0.114. The average Bonchev–Trinajstić information content (AvgIpc) is 3.31. The molecule has 1 unspecified atom stereocenters. The number of nitrogens with one attached hydrogen (secondary N) is 1. The van der Waals surface area contributed by atoms with Crippen LogP contribution in [0.25, 0.3) is 0 Å². The molecule has 1 amide bonds. The van der Waals surface area contributed by atoms with Crippen LogP contribution in [0.4, 0.5) is 0 Å². The van der Waals surface area contributed by atoms with E-state index in [9.17, 15) is 4.79 Å². The van der Waals surface area contributed by atoms with Gasteiger partial charge in [-0.15, -0.1) is 5.10 Å². The van der Waals surface area contributed by atoms with E-state index in [0.717, 1.165) is 31.6 Å². The summed E-state index contributed by atoms with van der Waals surface area (Å²) in [5, 5.41) is 11.6. The van der Waals surface area contributed by atoms with E-state index in [4.69, 9.17) is 4.52 Å². The monoisotopic (exact) mass is 350 g/mol. The zero-order valence-electron chi connectivity index (χ0n) is 14.2. The number of likely N-dealkylation sites (tertiary alicyclic amines) is 1. The Balaban J connectivity index is 1.62. The molecule has 3 rings (SSSR count). The van der Waals surface area contributed by atoms with Gasteiger partial charge in [0.2, 0.25) is 17.0 Å². The fourth-order valence-corrected chi connectivity index (χ4v) is 3.35. The lowest BCUT2D eigenvalue weighted by Gasteiger charge is -2.21. The van der Waals surface area contributed by atoms with E-state index in [2.05, 4.69) is 25.3 Å². The van der Waals surface area contributed by atoms with Crippen LogP contribution in [0.1, 0.15) is 63.1 Å². The van der Waals surface area contributed by atoms with E-state index >= 15 is 0 Å². The van der Waals surface area contributed by atoms with Crippen molar-refractivity contribution in [3.05, 3.63) is 17.5 Å². The number of carbonyl (C=O) groups excluding carboxylic acids is 1. The normalized spacial score (nSPS) is 17.8. The van der Waals surface area contributed by atoms with Crippen LogP contribution in [0, 0.1) is 0 Å². The van der Waals surface area contributed by atoms with Gasteiger partial charge in [0.25, 0.3) is 0 Å². The third-order valence-corrected chi connectivity index (χ3v) is 4.83. The maximum absolute atomic E-state index is 12.6. The van der Waals surface area contributed by atoms with Gasteiger partial charge in [-0.1, -0.05) is 37.7 Å². The molecule has 8 nitrogen and oxygen atoms in total. The molecule has 0 aromatic carbocycles. The van der Waals surface area contributed by atoms with E-state index in [0.29, 0.717) is 22.6 Å². The average molecular weight is 350 g/mol. The number of aromatic amines is 1. The molecule has 0 aliphatic carbocycles. The molecule has 1 atom stereocenters. The van der Waals surface area contributed by atoms with Crippen molar-refractivity contribution in [1.29, 1.82) is 0 Å². The molecule has 1 aliphatic rings. The fraction of sp³-hybridized carbons (Fsp3) is 0.667. The van der Waals surface area contributed by atoms with Crippen molar-refractivity contribution < 1.29 is 9.32 Å². The number of amides is 1. The van der Waals surface area contributed by atoms with Crippen molar-refractivity contribution in [2.24, 2.45) is 0 Å². The molecule has 0 radical (unpaired) electrons. The number of thioether (sulfide) groups is 1. The molecular formula is C15H22N6O2S. The Morgan fingerprint density at radius 2 is 2.29 bits per heavy atom. The topological polar surface area (TPSA) is 101 Å². The summed E-state index contributed by atoms with van der Waals surface area (Å²) in [4.78, 5) is 23.2. The van der Waals surface area contributed by atoms with Gasteiger partial charge in [-0.05, 0) is 12.8 Å². The summed E-state index contributed by atoms with van der Waals surface area (Å²) in [6.45, 7) is 6.76. The minimum atomic E-state index is -0.114. The van der Waals surface area contributed by atoms with E-state index < -0.39 is 0 Å². The number of H-pyrrole nitrogens is 1. The van der Waals surface area contributed by atoms with Gasteiger partial charge >= 0.3 is 0 Å². The standard InChI is InChI=1S/C15H22N6O2S/c1-4-11-16-15(19-18-11)24-8-12(22)21-7-5-6-10(21)14-17-13(9(2)3)20-23-14/h9-10H,4-8H2,1-3H3,(H,16,18,19). The lowest BCUT2D eigenvalue weighted by Crippen LogP contribution is -2.32. The van der Waals surface area contributed by atoms with Crippen LogP contribution in [0.15, 0.2) is 9.68 Å². The van der Waals surface area contributed by atoms with Gasteiger partial charge in [-0.25, -0.2) is 4.98 Å². The largest absolute Gasteiger partial charge is 0.337 e. The lowest BCUT2D eigenvalue weighted by molar-refractivity contribution is -0.129. The second-order valence-electron chi connectivity index (χ2n) is 6.10. The lowest BCUT2D eigenvalue weighted by atomic mass is 10.2. The van der Waals surface area contributed by atoms with Crippen LogP contribution in [0.3, 0.4) is 0 Å². The summed E-state index contributed by atoms with van der Waals surface area (Å²) in [6.07, 6.45) is 2.60. The Morgan fingerprint density at radius 1 is 1.46 bits per heavy atom. The number of aryl methyl sites for hydroxylation is 1. The first-order valence-electron chi connectivity index (χ1n) is 8.25. The van der Waals surface area contributed by atoms with Gasteiger partial charge in [0.05, 0.1) is 5.75 Å². The van der Waals surface area contributed by atoms with Crippen LogP contribution >= 0.6 is 11.8 Å². The maximum Gasteiger partial charge on any atom is 0.249 e. The number of aromatic nitrogens is 5. The molecule has 0 saturated carbocycles. The number of carbonyl (C=O) groups is 1. The Hall–Kier alpha value is -1.90. The molecule has 0 bridgehead atoms. The smallest absolute Gasteiger partial charge is 0.249 e. The molecule has 1 saturated heterocycles. The molecule has 2 aromatic rings. The molecule has 130 valence electrons. The number of nitrogens with zero attached hydrogens (tertiary/aromatic N) is 5. The zero-order valence-corrected chi connectivity index (χ0v) is 15.0. The first kappa shape index (κ1) is 16.9. The van der Waals surface area contributed by atoms with Crippen molar-refractivity contribution in [2.45, 2.75) is 57.1 Å². The SMILES string of the molecule is CCc1nc(SCC(=O)N2CCCC2c2nc(C(C)C)no2)n[nH]1. The Bertz CT molecular complexity index is 698. The number of hydrogen-bond acceptors (Lipinski definition) is 7. The highest BCUT2D eigenvalue weighted by Crippen LogP contribution is 2.32. The second kappa shape index (κ2) is 7.33. The van der Waals surface area contributed by atoms with Crippen molar-refractivity contribution in [3.63, 3.8) is 0 Å². The molecule has 1 fully saturated rings. The summed E-state index contributed by atoms with van der Waals surface area (Å²) >= 11 is 1.35. The zero-order chi connectivity index (χ0) is 17.1. The summed E-state index contributed by atoms with van der Waals surface area (Å²) in [5.41, 5.74) is 0. The first-order chi connectivity index (χ1) is 11.6. The minimum absolute atomic E-state index is 0.0506. The third-order valence-electron chi connectivity index (χ3n) is 4.00. The fourth-order valence-electron chi connectivity index (χ4n) is 2.65. The molecule has 3 heterocycles. The van der Waals surface area contributed by atoms with E-state index in [1.165, 1.54) is 11.8 Å². The van der Waals surface area contributed by atoms with Gasteiger partial charge in [-0.3, -0.25) is 9.89 Å². The highest BCUT2D eigenvalue weighted by molar-refractivity contribution is 7.99. The molecule has 1 N–H and O–H groups in total. The van der Waals surface area contributed by atoms with Crippen LogP contribution in [-0.4, -0.2) is 48.4 Å². The highest BCUT2D eigenvalue weighted by Gasteiger charge is 2.34. The van der Waals surface area contributed by atoms with Gasteiger partial charge < -0.3 is 9.42 Å². The first-order valence-corrected chi connectivity index (χ1v) is 9.24. The van der Waals surface area contributed by atoms with Crippen molar-refractivity contribution in [1.82, 2.24) is 30.2 Å². The third kappa shape index (κ3) is 3.61. The van der Waals surface area contributed by atoms with Crippen LogP contribution in [0.5, 0.6) is 0 Å². The van der Waals surface area contributed by atoms with Crippen LogP contribution in [-0.2, 0) is 11.2 Å². The van der Waals surface area contributed by atoms with E-state index in [1.807, 2.05) is 25.7 Å². The van der Waals surface area contributed by atoms with Gasteiger partial charge in [-0.2, -0.15) is 4.98 Å². The molecular weight excluding hydrogens is 328 g/mol. The van der Waals surface area contributed by atoms with E-state index in [1.54, 1.807) is 0 Å². The Morgan fingerprint density at radius 3 is 2.96 bits per heavy atom. The van der Waals surface area contributed by atoms with Crippen molar-refractivity contribution >= 4 is 17.7 Å². The van der Waals surface area contributed by atoms with Gasteiger partial charge in [0.1, 0.15) is 11.9 Å². The molecule has 1 aliphatic heterocycles. The number of hydrogen-bond donors (Lipinski definition) is 1. The van der Waals surface area contributed by atoms with E-state index in [-0.39, 0.29) is 17.9 Å². The Labute approximate surface area is 144 Å². The predicted octanol–water partition coefficient (Wildman–Crippen LogP) is 2.33. The minimum Gasteiger partial charge on any atom is -0.337 e. The van der Waals surface area contributed by atoms with Crippen molar-refractivity contribution in [3.8, 4) is 0 Å². The van der Waals surface area contributed by atoms with Gasteiger partial charge in [0.15, 0.2) is 5.82 Å². The number of rotatable bonds is 6. The van der Waals surface area contributed by atoms with Crippen LogP contribution in [0.2, 0.25) is 0 Å². The molecule has 24 heavy (non-hydrogen) atoms. The second-order valence-corrected chi connectivity index (χ2v) is 7.04. The molecule has 2 aromatic heterocycles. The Kier molecular flexibility index (Phi) is 5.17. The summed E-state index contributed by atoms with van der Waals surface area (Å²) < 4.78 is 5.38.